The van der Waals surface area contributed by atoms with Gasteiger partial charge in [0.25, 0.3) is 0 Å². The minimum atomic E-state index is 0. The second-order valence-electron chi connectivity index (χ2n) is 8.10. The lowest BCUT2D eigenvalue weighted by atomic mass is 9.97. The van der Waals surface area contributed by atoms with Crippen LogP contribution in [0.2, 0.25) is 0 Å². The second-order valence-corrected chi connectivity index (χ2v) is 8.10. The van der Waals surface area contributed by atoms with Gasteiger partial charge < -0.3 is 19.4 Å². The summed E-state index contributed by atoms with van der Waals surface area (Å²) in [6.07, 6.45) is 2.34. The summed E-state index contributed by atoms with van der Waals surface area (Å²) < 4.78 is 11.0. The first-order valence-electron chi connectivity index (χ1n) is 10.7. The number of benzene rings is 1. The number of ether oxygens (including phenoxy) is 1. The molecule has 172 valence electrons. The fourth-order valence-corrected chi connectivity index (χ4v) is 3.85. The van der Waals surface area contributed by atoms with Crippen molar-refractivity contribution in [2.45, 2.75) is 39.8 Å². The summed E-state index contributed by atoms with van der Waals surface area (Å²) in [6, 6.07) is 8.17. The number of hydrogen-bond donors (Lipinski definition) is 1. The number of likely N-dealkylation sites (tertiary alicyclic amines) is 1. The van der Waals surface area contributed by atoms with E-state index in [1.165, 1.54) is 18.4 Å². The summed E-state index contributed by atoms with van der Waals surface area (Å²) in [7, 11) is 5.60. The third-order valence-corrected chi connectivity index (χ3v) is 5.84. The zero-order valence-corrected chi connectivity index (χ0v) is 21.7. The quantitative estimate of drug-likeness (QED) is 0.327. The van der Waals surface area contributed by atoms with Gasteiger partial charge in [-0.05, 0) is 63.4 Å². The molecule has 3 rings (SSSR count). The van der Waals surface area contributed by atoms with Gasteiger partial charge in [0.1, 0.15) is 11.5 Å². The molecule has 1 aromatic heterocycles. The lowest BCUT2D eigenvalue weighted by Gasteiger charge is -2.32. The maximum Gasteiger partial charge on any atom is 0.208 e. The normalized spacial score (nSPS) is 15.5. The molecular weight excluding hydrogens is 505 g/mol. The Hall–Kier alpha value is -1.81. The maximum atomic E-state index is 5.73. The Kier molecular flexibility index (Phi) is 10.1. The molecule has 1 aliphatic heterocycles. The van der Waals surface area contributed by atoms with Gasteiger partial charge in [-0.3, -0.25) is 9.89 Å². The average Bonchev–Trinajstić information content (AvgIpc) is 3.07. The van der Waals surface area contributed by atoms with E-state index in [-0.39, 0.29) is 24.0 Å². The fourth-order valence-electron chi connectivity index (χ4n) is 3.85. The number of aryl methyl sites for hydroxylation is 2. The highest BCUT2D eigenvalue weighted by Crippen LogP contribution is 2.19. The van der Waals surface area contributed by atoms with Gasteiger partial charge in [-0.15, -0.1) is 24.0 Å². The summed E-state index contributed by atoms with van der Waals surface area (Å²) in [6.45, 7) is 8.68. The SMILES string of the molecule is CN=C(NCC1CCN(Cc2nc(C)c(C)o2)CC1)N(C)Cc1ccc(OC)cc1.I. The predicted molar refractivity (Wildman–Crippen MR) is 135 cm³/mol. The van der Waals surface area contributed by atoms with Gasteiger partial charge in [0.05, 0.1) is 19.3 Å². The van der Waals surface area contributed by atoms with E-state index >= 15 is 0 Å². The van der Waals surface area contributed by atoms with Crippen molar-refractivity contribution in [3.8, 4) is 5.75 Å². The number of aromatic nitrogens is 1. The van der Waals surface area contributed by atoms with E-state index in [9.17, 15) is 0 Å². The number of rotatable bonds is 7. The van der Waals surface area contributed by atoms with Gasteiger partial charge in [0, 0.05) is 27.2 Å². The molecular formula is C23H36IN5O2. The van der Waals surface area contributed by atoms with E-state index in [1.807, 2.05) is 33.0 Å². The summed E-state index contributed by atoms with van der Waals surface area (Å²) in [5.41, 5.74) is 2.22. The zero-order chi connectivity index (χ0) is 21.5. The number of hydrogen-bond acceptors (Lipinski definition) is 5. The molecule has 31 heavy (non-hydrogen) atoms. The first-order chi connectivity index (χ1) is 14.5. The Morgan fingerprint density at radius 1 is 1.26 bits per heavy atom. The van der Waals surface area contributed by atoms with Crippen LogP contribution in [0.25, 0.3) is 0 Å². The van der Waals surface area contributed by atoms with Crippen LogP contribution in [-0.2, 0) is 13.1 Å². The van der Waals surface area contributed by atoms with Crippen molar-refractivity contribution in [3.05, 3.63) is 47.2 Å². The summed E-state index contributed by atoms with van der Waals surface area (Å²) in [4.78, 5) is 13.6. The summed E-state index contributed by atoms with van der Waals surface area (Å²) in [5, 5.41) is 3.56. The Balaban J connectivity index is 0.00000341. The first-order valence-corrected chi connectivity index (χ1v) is 10.7. The topological polar surface area (TPSA) is 66.1 Å². The van der Waals surface area contributed by atoms with Crippen LogP contribution in [0.4, 0.5) is 0 Å². The van der Waals surface area contributed by atoms with E-state index < -0.39 is 0 Å². The molecule has 1 saturated heterocycles. The Morgan fingerprint density at radius 2 is 1.94 bits per heavy atom. The minimum Gasteiger partial charge on any atom is -0.497 e. The highest BCUT2D eigenvalue weighted by atomic mass is 127. The maximum absolute atomic E-state index is 5.73. The van der Waals surface area contributed by atoms with Crippen LogP contribution in [0, 0.1) is 19.8 Å². The molecule has 2 aromatic rings. The van der Waals surface area contributed by atoms with Crippen molar-refractivity contribution >= 4 is 29.9 Å². The minimum absolute atomic E-state index is 0. The van der Waals surface area contributed by atoms with Crippen molar-refractivity contribution in [1.82, 2.24) is 20.1 Å². The number of piperidine rings is 1. The van der Waals surface area contributed by atoms with Gasteiger partial charge >= 0.3 is 0 Å². The summed E-state index contributed by atoms with van der Waals surface area (Å²) >= 11 is 0. The van der Waals surface area contributed by atoms with Crippen LogP contribution >= 0.6 is 24.0 Å². The predicted octanol–water partition coefficient (Wildman–Crippen LogP) is 3.84. The van der Waals surface area contributed by atoms with E-state index in [1.54, 1.807) is 7.11 Å². The van der Waals surface area contributed by atoms with E-state index in [2.05, 4.69) is 44.3 Å². The molecule has 0 spiro atoms. The zero-order valence-electron chi connectivity index (χ0n) is 19.4. The fraction of sp³-hybridized carbons (Fsp3) is 0.565. The largest absolute Gasteiger partial charge is 0.497 e. The molecule has 0 aliphatic carbocycles. The molecule has 2 heterocycles. The molecule has 0 atom stereocenters. The van der Waals surface area contributed by atoms with Gasteiger partial charge in [-0.25, -0.2) is 4.98 Å². The highest BCUT2D eigenvalue weighted by Gasteiger charge is 2.21. The molecule has 7 nitrogen and oxygen atoms in total. The molecule has 0 radical (unpaired) electrons. The lowest BCUT2D eigenvalue weighted by molar-refractivity contribution is 0.163. The molecule has 1 fully saturated rings. The molecule has 0 amide bonds. The van der Waals surface area contributed by atoms with Crippen molar-refractivity contribution in [2.75, 3.05) is 40.8 Å². The van der Waals surface area contributed by atoms with Crippen LogP contribution in [0.3, 0.4) is 0 Å². The Labute approximate surface area is 203 Å². The molecule has 1 N–H and O–H groups in total. The number of guanidine groups is 1. The highest BCUT2D eigenvalue weighted by molar-refractivity contribution is 14.0. The van der Waals surface area contributed by atoms with Crippen molar-refractivity contribution in [2.24, 2.45) is 10.9 Å². The molecule has 1 aromatic carbocycles. The van der Waals surface area contributed by atoms with Crippen LogP contribution in [-0.4, -0.2) is 61.6 Å². The van der Waals surface area contributed by atoms with Crippen LogP contribution in [0.5, 0.6) is 5.75 Å². The number of methoxy groups -OCH3 is 1. The van der Waals surface area contributed by atoms with Crippen molar-refractivity contribution in [1.29, 1.82) is 0 Å². The first kappa shape index (κ1) is 25.5. The molecule has 0 bridgehead atoms. The third-order valence-electron chi connectivity index (χ3n) is 5.84. The van der Waals surface area contributed by atoms with E-state index in [0.717, 1.165) is 61.8 Å². The number of halogens is 1. The van der Waals surface area contributed by atoms with E-state index in [0.29, 0.717) is 5.92 Å². The van der Waals surface area contributed by atoms with Crippen LogP contribution in [0.1, 0.15) is 35.7 Å². The van der Waals surface area contributed by atoms with Gasteiger partial charge in [0.2, 0.25) is 5.89 Å². The lowest BCUT2D eigenvalue weighted by Crippen LogP contribution is -2.43. The Morgan fingerprint density at radius 3 is 2.48 bits per heavy atom. The monoisotopic (exact) mass is 541 g/mol. The van der Waals surface area contributed by atoms with Crippen molar-refractivity contribution < 1.29 is 9.15 Å². The average molecular weight is 541 g/mol. The van der Waals surface area contributed by atoms with Gasteiger partial charge in [0.15, 0.2) is 5.96 Å². The smallest absolute Gasteiger partial charge is 0.208 e. The number of nitrogens with one attached hydrogen (secondary N) is 1. The van der Waals surface area contributed by atoms with Crippen LogP contribution in [0.15, 0.2) is 33.7 Å². The molecule has 0 unspecified atom stereocenters. The van der Waals surface area contributed by atoms with Crippen molar-refractivity contribution in [3.63, 3.8) is 0 Å². The molecule has 0 saturated carbocycles. The van der Waals surface area contributed by atoms with Crippen LogP contribution < -0.4 is 10.1 Å². The summed E-state index contributed by atoms with van der Waals surface area (Å²) in [5.74, 6) is 4.22. The molecule has 8 heteroatoms. The van der Waals surface area contributed by atoms with E-state index in [4.69, 9.17) is 9.15 Å². The number of oxazole rings is 1. The number of nitrogens with zero attached hydrogens (tertiary/aromatic N) is 4. The second kappa shape index (κ2) is 12.3. The molecule has 1 aliphatic rings. The third kappa shape index (κ3) is 7.38. The van der Waals surface area contributed by atoms with Gasteiger partial charge in [-0.2, -0.15) is 0 Å². The number of aliphatic imine (C=N–C) groups is 1. The van der Waals surface area contributed by atoms with Gasteiger partial charge in [-0.1, -0.05) is 12.1 Å². The standard InChI is InChI=1S/C23H35N5O2.HI/c1-17-18(2)30-22(26-17)16-28-12-10-19(11-13-28)14-25-23(24-3)27(4)15-20-6-8-21(29-5)9-7-20;/h6-9,19H,10-16H2,1-5H3,(H,24,25);1H. The Bertz CT molecular complexity index is 809.